The first-order valence-corrected chi connectivity index (χ1v) is 7.43. The monoisotopic (exact) mass is 247 g/mol. The van der Waals surface area contributed by atoms with Gasteiger partial charge >= 0.3 is 0 Å². The third kappa shape index (κ3) is 2.95. The average Bonchev–Trinajstić information content (AvgIpc) is 2.42. The van der Waals surface area contributed by atoms with Gasteiger partial charge in [-0.25, -0.2) is 0 Å². The Morgan fingerprint density at radius 3 is 2.06 bits per heavy atom. The van der Waals surface area contributed by atoms with Crippen LogP contribution in [-0.2, 0) is 5.41 Å². The van der Waals surface area contributed by atoms with Crippen LogP contribution in [0.15, 0.2) is 30.3 Å². The Bertz CT molecular complexity index is 327. The second-order valence-corrected chi connectivity index (χ2v) is 5.52. The molecule has 18 heavy (non-hydrogen) atoms. The minimum atomic E-state index is 0.135. The van der Waals surface area contributed by atoms with E-state index >= 15 is 0 Å². The minimum absolute atomic E-state index is 0.135. The van der Waals surface area contributed by atoms with Crippen LogP contribution < -0.4 is 5.73 Å². The molecule has 2 N–H and O–H groups in total. The molecule has 2 unspecified atom stereocenters. The van der Waals surface area contributed by atoms with E-state index in [4.69, 9.17) is 5.73 Å². The van der Waals surface area contributed by atoms with Crippen LogP contribution in [0.5, 0.6) is 0 Å². The average molecular weight is 247 g/mol. The normalized spacial score (nSPS) is 15.4. The van der Waals surface area contributed by atoms with E-state index in [-0.39, 0.29) is 11.5 Å². The molecule has 102 valence electrons. The van der Waals surface area contributed by atoms with Crippen LogP contribution in [0.3, 0.4) is 0 Å². The van der Waals surface area contributed by atoms with Gasteiger partial charge in [-0.05, 0) is 30.7 Å². The molecule has 1 rings (SSSR count). The van der Waals surface area contributed by atoms with Crippen molar-refractivity contribution in [3.05, 3.63) is 35.9 Å². The summed E-state index contributed by atoms with van der Waals surface area (Å²) in [6.45, 7) is 9.09. The van der Waals surface area contributed by atoms with Crippen molar-refractivity contribution in [2.45, 2.75) is 64.8 Å². The quantitative estimate of drug-likeness (QED) is 0.754. The van der Waals surface area contributed by atoms with Crippen molar-refractivity contribution in [1.29, 1.82) is 0 Å². The van der Waals surface area contributed by atoms with Crippen molar-refractivity contribution in [1.82, 2.24) is 0 Å². The topological polar surface area (TPSA) is 26.0 Å². The van der Waals surface area contributed by atoms with Crippen molar-refractivity contribution < 1.29 is 0 Å². The van der Waals surface area contributed by atoms with Gasteiger partial charge in [-0.3, -0.25) is 0 Å². The second kappa shape index (κ2) is 6.94. The minimum Gasteiger partial charge on any atom is -0.327 e. The number of benzene rings is 1. The van der Waals surface area contributed by atoms with Gasteiger partial charge in [0.2, 0.25) is 0 Å². The molecule has 0 aromatic heterocycles. The molecule has 0 fully saturated rings. The molecule has 0 aliphatic rings. The highest BCUT2D eigenvalue weighted by Gasteiger charge is 2.37. The maximum Gasteiger partial charge on any atom is 0.0162 e. The highest BCUT2D eigenvalue weighted by molar-refractivity contribution is 5.27. The van der Waals surface area contributed by atoms with Gasteiger partial charge in [0.1, 0.15) is 0 Å². The first kappa shape index (κ1) is 15.2. The Morgan fingerprint density at radius 2 is 1.61 bits per heavy atom. The Kier molecular flexibility index (Phi) is 5.87. The number of hydrogen-bond acceptors (Lipinski definition) is 1. The Labute approximate surface area is 113 Å². The lowest BCUT2D eigenvalue weighted by Crippen LogP contribution is -2.48. The lowest BCUT2D eigenvalue weighted by Gasteiger charge is -2.41. The van der Waals surface area contributed by atoms with E-state index in [9.17, 15) is 0 Å². The fourth-order valence-electron chi connectivity index (χ4n) is 3.27. The van der Waals surface area contributed by atoms with E-state index in [0.29, 0.717) is 5.92 Å². The van der Waals surface area contributed by atoms with Crippen molar-refractivity contribution in [3.8, 4) is 0 Å². The van der Waals surface area contributed by atoms with Crippen molar-refractivity contribution in [3.63, 3.8) is 0 Å². The zero-order valence-electron chi connectivity index (χ0n) is 12.4. The molecule has 0 aliphatic heterocycles. The molecular formula is C17H29N. The maximum atomic E-state index is 6.64. The first-order valence-electron chi connectivity index (χ1n) is 7.43. The Morgan fingerprint density at radius 1 is 1.06 bits per heavy atom. The molecule has 1 aromatic rings. The Hall–Kier alpha value is -0.820. The van der Waals surface area contributed by atoms with Gasteiger partial charge in [0.05, 0.1) is 0 Å². The lowest BCUT2D eigenvalue weighted by molar-refractivity contribution is 0.242. The summed E-state index contributed by atoms with van der Waals surface area (Å²) in [6, 6.07) is 11.1. The van der Waals surface area contributed by atoms with Crippen LogP contribution in [0, 0.1) is 5.92 Å². The van der Waals surface area contributed by atoms with Gasteiger partial charge < -0.3 is 5.73 Å². The van der Waals surface area contributed by atoms with E-state index in [0.717, 1.165) is 12.8 Å². The van der Waals surface area contributed by atoms with Crippen LogP contribution in [0.1, 0.15) is 58.9 Å². The molecule has 0 bridgehead atoms. The highest BCUT2D eigenvalue weighted by Crippen LogP contribution is 2.37. The standard InChI is InChI=1S/C17H29N/c1-5-11-14(4)16(18)17(6-2,7-3)15-12-9-8-10-13-15/h8-10,12-14,16H,5-7,11,18H2,1-4H3. The molecular weight excluding hydrogens is 218 g/mol. The fourth-order valence-corrected chi connectivity index (χ4v) is 3.27. The molecule has 0 heterocycles. The third-order valence-electron chi connectivity index (χ3n) is 4.61. The lowest BCUT2D eigenvalue weighted by atomic mass is 9.66. The largest absolute Gasteiger partial charge is 0.327 e. The van der Waals surface area contributed by atoms with E-state index in [1.165, 1.54) is 18.4 Å². The molecule has 0 spiro atoms. The first-order chi connectivity index (χ1) is 8.62. The summed E-state index contributed by atoms with van der Waals surface area (Å²) in [7, 11) is 0. The summed E-state index contributed by atoms with van der Waals surface area (Å²) in [6.07, 6.45) is 4.66. The van der Waals surface area contributed by atoms with Gasteiger partial charge in [-0.1, -0.05) is 64.4 Å². The second-order valence-electron chi connectivity index (χ2n) is 5.52. The van der Waals surface area contributed by atoms with Gasteiger partial charge in [0.15, 0.2) is 0 Å². The van der Waals surface area contributed by atoms with Crippen LogP contribution in [0.25, 0.3) is 0 Å². The molecule has 0 aliphatic carbocycles. The fraction of sp³-hybridized carbons (Fsp3) is 0.647. The van der Waals surface area contributed by atoms with Crippen LogP contribution >= 0.6 is 0 Å². The Balaban J connectivity index is 3.07. The molecule has 0 saturated heterocycles. The summed E-state index contributed by atoms with van der Waals surface area (Å²) in [4.78, 5) is 0. The molecule has 0 amide bonds. The van der Waals surface area contributed by atoms with E-state index in [1.807, 2.05) is 0 Å². The van der Waals surface area contributed by atoms with Gasteiger partial charge in [0, 0.05) is 11.5 Å². The van der Waals surface area contributed by atoms with Crippen molar-refractivity contribution >= 4 is 0 Å². The zero-order chi connectivity index (χ0) is 13.6. The van der Waals surface area contributed by atoms with Crippen molar-refractivity contribution in [2.75, 3.05) is 0 Å². The van der Waals surface area contributed by atoms with Crippen molar-refractivity contribution in [2.24, 2.45) is 11.7 Å². The summed E-state index contributed by atoms with van der Waals surface area (Å²) in [5, 5.41) is 0. The number of hydrogen-bond donors (Lipinski definition) is 1. The van der Waals surface area contributed by atoms with Gasteiger partial charge in [-0.15, -0.1) is 0 Å². The molecule has 1 heteroatoms. The SMILES string of the molecule is CCCC(C)C(N)C(CC)(CC)c1ccccc1. The maximum absolute atomic E-state index is 6.64. The van der Waals surface area contributed by atoms with E-state index in [1.54, 1.807) is 0 Å². The summed E-state index contributed by atoms with van der Waals surface area (Å²) in [5.41, 5.74) is 8.18. The molecule has 0 saturated carbocycles. The molecule has 1 nitrogen and oxygen atoms in total. The predicted octanol–water partition coefficient (Wildman–Crippen LogP) is 4.51. The van der Waals surface area contributed by atoms with Gasteiger partial charge in [-0.2, -0.15) is 0 Å². The third-order valence-corrected chi connectivity index (χ3v) is 4.61. The number of nitrogens with two attached hydrogens (primary N) is 1. The zero-order valence-corrected chi connectivity index (χ0v) is 12.4. The smallest absolute Gasteiger partial charge is 0.0162 e. The van der Waals surface area contributed by atoms with E-state index < -0.39 is 0 Å². The highest BCUT2D eigenvalue weighted by atomic mass is 14.7. The summed E-state index contributed by atoms with van der Waals surface area (Å²) >= 11 is 0. The molecule has 0 radical (unpaired) electrons. The summed E-state index contributed by atoms with van der Waals surface area (Å²) < 4.78 is 0. The molecule has 2 atom stereocenters. The molecule has 1 aromatic carbocycles. The van der Waals surface area contributed by atoms with Crippen LogP contribution in [0.2, 0.25) is 0 Å². The van der Waals surface area contributed by atoms with E-state index in [2.05, 4.69) is 58.0 Å². The van der Waals surface area contributed by atoms with Crippen LogP contribution in [-0.4, -0.2) is 6.04 Å². The number of rotatable bonds is 7. The predicted molar refractivity (Wildman–Crippen MR) is 80.7 cm³/mol. The van der Waals surface area contributed by atoms with Gasteiger partial charge in [0.25, 0.3) is 0 Å². The summed E-state index contributed by atoms with van der Waals surface area (Å²) in [5.74, 6) is 0.579. The van der Waals surface area contributed by atoms with Crippen LogP contribution in [0.4, 0.5) is 0 Å².